The molecule has 66 heavy (non-hydrogen) atoms. The molecule has 2 N–H and O–H groups in total. The average Bonchev–Trinajstić information content (AvgIpc) is 4.07. The molecule has 370 valence electrons. The lowest BCUT2D eigenvalue weighted by molar-refractivity contribution is -0.480. The van der Waals surface area contributed by atoms with Crippen molar-refractivity contribution in [3.05, 3.63) is 61.3 Å². The fourth-order valence-corrected chi connectivity index (χ4v) is 6.52. The van der Waals surface area contributed by atoms with Gasteiger partial charge in [0, 0.05) is 43.8 Å². The average molecular weight is 925 g/mol. The van der Waals surface area contributed by atoms with E-state index in [0.717, 1.165) is 28.6 Å². The lowest BCUT2D eigenvalue weighted by Gasteiger charge is -2.25. The smallest absolute Gasteiger partial charge is 0.445 e. The molecule has 0 radical (unpaired) electrons. The number of aryl methyl sites for hydroxylation is 1. The van der Waals surface area contributed by atoms with Crippen LogP contribution < -0.4 is 20.3 Å². The zero-order valence-electron chi connectivity index (χ0n) is 41.5. The molecule has 2 aliphatic rings. The Kier molecular flexibility index (Phi) is 29.2. The molecular weight excluding hydrogens is 843 g/mol. The molecule has 0 spiro atoms. The van der Waals surface area contributed by atoms with Crippen molar-refractivity contribution in [2.24, 2.45) is 17.0 Å². The van der Waals surface area contributed by atoms with Gasteiger partial charge in [-0.1, -0.05) is 67.8 Å². The predicted molar refractivity (Wildman–Crippen MR) is 265 cm³/mol. The minimum Gasteiger partial charge on any atom is -0.469 e. The number of ether oxygens (including phenoxy) is 3. The van der Waals surface area contributed by atoms with Gasteiger partial charge in [-0.05, 0) is 88.1 Å². The number of hydrogen-bond donors (Lipinski definition) is 2. The summed E-state index contributed by atoms with van der Waals surface area (Å²) in [5.41, 5.74) is 3.09. The van der Waals surface area contributed by atoms with E-state index in [1.165, 1.54) is 81.0 Å². The monoisotopic (exact) mass is 925 g/mol. The van der Waals surface area contributed by atoms with Gasteiger partial charge in [0.25, 0.3) is 12.0 Å². The Labute approximate surface area is 393 Å². The lowest BCUT2D eigenvalue weighted by atomic mass is 9.95. The molecular formula is C46H82N15O5+. The van der Waals surface area contributed by atoms with Crippen LogP contribution in [0.5, 0.6) is 0 Å². The molecule has 0 unspecified atom stereocenters. The number of para-hydroxylation sites is 1. The molecule has 20 nitrogen and oxygen atoms in total. The molecule has 0 amide bonds. The van der Waals surface area contributed by atoms with Crippen LogP contribution in [-0.2, 0) is 21.3 Å². The third kappa shape index (κ3) is 22.6. The summed E-state index contributed by atoms with van der Waals surface area (Å²) in [4.78, 5) is 31.1. The Morgan fingerprint density at radius 2 is 1.35 bits per heavy atom. The molecule has 0 aliphatic heterocycles. The van der Waals surface area contributed by atoms with Gasteiger partial charge in [0.2, 0.25) is 5.65 Å². The quantitative estimate of drug-likeness (QED) is 0.116. The number of aliphatic imine (C=N–C) groups is 2. The molecule has 4 heterocycles. The van der Waals surface area contributed by atoms with E-state index >= 15 is 0 Å². The number of amidine groups is 3. The van der Waals surface area contributed by atoms with Crippen LogP contribution in [0.2, 0.25) is 0 Å². The number of nitrogens with zero attached hydrogens (tertiary/aromatic N) is 13. The van der Waals surface area contributed by atoms with Gasteiger partial charge in [0.15, 0.2) is 0 Å². The van der Waals surface area contributed by atoms with Crippen LogP contribution in [0.25, 0.3) is 22.2 Å². The molecule has 5 aromatic rings. The number of methoxy groups -OCH3 is 3. The number of aromatic nitrogens is 9. The molecule has 7 rings (SSSR count). The van der Waals surface area contributed by atoms with Gasteiger partial charge in [-0.15, -0.1) is 10.2 Å². The molecule has 2 saturated carbocycles. The normalized spacial score (nSPS) is 13.8. The molecule has 20 heteroatoms. The van der Waals surface area contributed by atoms with E-state index in [1.807, 2.05) is 99.7 Å². The minimum atomic E-state index is 0. The zero-order chi connectivity index (χ0) is 48.0. The van der Waals surface area contributed by atoms with Crippen LogP contribution in [0.4, 0.5) is 0 Å². The Balaban J connectivity index is 0.000000405. The van der Waals surface area contributed by atoms with Crippen molar-refractivity contribution in [1.29, 1.82) is 0 Å². The van der Waals surface area contributed by atoms with Crippen LogP contribution in [0.3, 0.4) is 0 Å². The number of rotatable bonds is 6. The summed E-state index contributed by atoms with van der Waals surface area (Å²) in [5, 5.41) is 21.7. The summed E-state index contributed by atoms with van der Waals surface area (Å²) in [5.74, 6) is 0. The van der Waals surface area contributed by atoms with Crippen LogP contribution in [0.15, 0.2) is 71.3 Å². The highest BCUT2D eigenvalue weighted by Gasteiger charge is 2.18. The van der Waals surface area contributed by atoms with Crippen LogP contribution in [-0.4, -0.2) is 160 Å². The van der Waals surface area contributed by atoms with Crippen LogP contribution >= 0.6 is 0 Å². The first-order valence-electron chi connectivity index (χ1n) is 22.3. The fourth-order valence-electron chi connectivity index (χ4n) is 6.52. The van der Waals surface area contributed by atoms with E-state index in [0.29, 0.717) is 29.8 Å². The molecule has 0 atom stereocenters. The number of imidazole rings is 1. The van der Waals surface area contributed by atoms with Crippen molar-refractivity contribution in [2.75, 3.05) is 63.7 Å². The summed E-state index contributed by atoms with van der Waals surface area (Å²) in [6.45, 7) is 8.13. The standard InChI is InChI=1S/C14H26N2O.C8H18N2O.C7H7N3O.C6H6N4O.C6H15N2O.C4H6N2.CH4/c1-17-14(15-12-8-4-2-5-9-12)16-13-10-6-3-7-11-13;1-6(2)9-8(11-5)10-7(3)4;1-11-10-7-5-3-2-4-6(7)8-9-10;1-11-10-6-5(8-9-10)3-2-4-7-6;1-7(2)6(9-5)8(3)4;1-6-3-2-5-4-6;/h12-13H,2-11H2,1H3,(H,15,16);6-7H,1-5H3,(H,9,10);2-5H,1H3;2-4H,1H3;1-5H3;2-4H,1H3;1H4/q;;;;+1;;. The summed E-state index contributed by atoms with van der Waals surface area (Å²) in [7, 11) is 17.8. The number of nitrogens with one attached hydrogen (secondary N) is 2. The molecule has 0 saturated heterocycles. The van der Waals surface area contributed by atoms with E-state index < -0.39 is 0 Å². The molecule has 0 bridgehead atoms. The molecule has 2 aliphatic carbocycles. The number of pyridine rings is 1. The van der Waals surface area contributed by atoms with Crippen LogP contribution in [0.1, 0.15) is 99.3 Å². The maximum absolute atomic E-state index is 5.39. The fraction of sp³-hybridized carbons (Fsp3) is 0.630. The van der Waals surface area contributed by atoms with E-state index in [9.17, 15) is 0 Å². The van der Waals surface area contributed by atoms with Gasteiger partial charge in [-0.2, -0.15) is 0 Å². The Morgan fingerprint density at radius 3 is 1.83 bits per heavy atom. The summed E-state index contributed by atoms with van der Waals surface area (Å²) < 4.78 is 19.3. The van der Waals surface area contributed by atoms with Crippen molar-refractivity contribution in [2.45, 2.75) is 123 Å². The zero-order valence-corrected chi connectivity index (χ0v) is 41.5. The number of hydrogen-bond acceptors (Lipinski definition) is 13. The van der Waals surface area contributed by atoms with E-state index in [2.05, 4.69) is 60.1 Å². The highest BCUT2D eigenvalue weighted by atomic mass is 16.7. The van der Waals surface area contributed by atoms with E-state index in [-0.39, 0.29) is 13.5 Å². The Bertz CT molecular complexity index is 1990. The predicted octanol–water partition coefficient (Wildman–Crippen LogP) is 5.89. The largest absolute Gasteiger partial charge is 0.469 e. The first-order valence-corrected chi connectivity index (χ1v) is 22.3. The summed E-state index contributed by atoms with van der Waals surface area (Å²) >= 11 is 0. The van der Waals surface area contributed by atoms with E-state index in [4.69, 9.17) is 28.9 Å². The van der Waals surface area contributed by atoms with E-state index in [1.54, 1.807) is 53.2 Å². The van der Waals surface area contributed by atoms with Gasteiger partial charge >= 0.3 is 6.02 Å². The molecule has 2 fully saturated rings. The first kappa shape index (κ1) is 57.8. The van der Waals surface area contributed by atoms with Gasteiger partial charge in [0.1, 0.15) is 30.8 Å². The third-order valence-corrected chi connectivity index (χ3v) is 9.41. The molecule has 1 aromatic carbocycles. The minimum absolute atomic E-state index is 0. The highest BCUT2D eigenvalue weighted by molar-refractivity contribution is 5.74. The maximum Gasteiger partial charge on any atom is 0.445 e. The second kappa shape index (κ2) is 33.3. The van der Waals surface area contributed by atoms with Crippen molar-refractivity contribution in [1.82, 2.24) is 60.4 Å². The second-order valence-corrected chi connectivity index (χ2v) is 16.1. The highest BCUT2D eigenvalue weighted by Crippen LogP contribution is 2.21. The van der Waals surface area contributed by atoms with Crippen LogP contribution in [0, 0.1) is 0 Å². The van der Waals surface area contributed by atoms with Gasteiger partial charge < -0.3 is 39.1 Å². The van der Waals surface area contributed by atoms with Crippen molar-refractivity contribution in [3.8, 4) is 0 Å². The first-order chi connectivity index (χ1) is 31.3. The second-order valence-electron chi connectivity index (χ2n) is 16.1. The maximum atomic E-state index is 5.39. The number of fused-ring (bicyclic) bond motifs is 2. The van der Waals surface area contributed by atoms with Gasteiger partial charge in [0.05, 0.1) is 61.9 Å². The Morgan fingerprint density at radius 1 is 0.758 bits per heavy atom. The van der Waals surface area contributed by atoms with Crippen molar-refractivity contribution >= 4 is 40.3 Å². The summed E-state index contributed by atoms with van der Waals surface area (Å²) in [6, 6.07) is 15.2. The summed E-state index contributed by atoms with van der Waals surface area (Å²) in [6.07, 6.45) is 20.2. The van der Waals surface area contributed by atoms with Gasteiger partial charge in [-0.25, -0.2) is 29.4 Å². The molecule has 4 aromatic heterocycles. The SMILES string of the molecule is C.COC(=NC(C)C)NC(C)C.COC(=NC1CCCCC1)NC1CCCCC1.COC(N(C)C)=[N+](C)C.COn1nnc2ccccc21.COn1nnc2cccnc21.Cn1ccnc1. The van der Waals surface area contributed by atoms with Crippen molar-refractivity contribution < 1.29 is 28.5 Å². The number of benzene rings is 1. The third-order valence-electron chi connectivity index (χ3n) is 9.41. The van der Waals surface area contributed by atoms with Gasteiger partial charge in [-0.3, -0.25) is 0 Å². The van der Waals surface area contributed by atoms with Crippen molar-refractivity contribution in [3.63, 3.8) is 0 Å². The topological polar surface area (TPSA) is 193 Å². The Hall–Kier alpha value is -6.21. The lowest BCUT2D eigenvalue weighted by Crippen LogP contribution is -2.38.